The number of hydrogen-bond acceptors (Lipinski definition) is 3. The molecule has 0 amide bonds. The van der Waals surface area contributed by atoms with Crippen molar-refractivity contribution < 1.29 is 14.6 Å². The molecular weight excluding hydrogens is 312 g/mol. The summed E-state index contributed by atoms with van der Waals surface area (Å²) in [5.41, 5.74) is -0.174. The Morgan fingerprint density at radius 3 is 2.24 bits per heavy atom. The highest BCUT2D eigenvalue weighted by atomic mass is 16.7. The molecule has 0 radical (unpaired) electrons. The normalized spacial score (nSPS) is 49.0. The second-order valence-corrected chi connectivity index (χ2v) is 11.1. The maximum absolute atomic E-state index is 11.3. The maximum Gasteiger partial charge on any atom is 0.163 e. The zero-order valence-electron chi connectivity index (χ0n) is 17.6. The van der Waals surface area contributed by atoms with Crippen LogP contribution in [0, 0.1) is 22.7 Å². The number of aliphatic hydroxyl groups is 1. The van der Waals surface area contributed by atoms with Crippen molar-refractivity contribution in [3.63, 3.8) is 0 Å². The zero-order chi connectivity index (χ0) is 18.7. The quantitative estimate of drug-likeness (QED) is 0.749. The number of ether oxygens (including phenoxy) is 2. The van der Waals surface area contributed by atoms with E-state index in [4.69, 9.17) is 9.47 Å². The highest BCUT2D eigenvalue weighted by Crippen LogP contribution is 2.63. The molecule has 2 aliphatic carbocycles. The third-order valence-electron chi connectivity index (χ3n) is 7.94. The molecule has 1 unspecified atom stereocenters. The Kier molecular flexibility index (Phi) is 4.66. The number of rotatable bonds is 3. The minimum absolute atomic E-state index is 0.229. The van der Waals surface area contributed by atoms with Crippen LogP contribution in [0.15, 0.2) is 0 Å². The number of fused-ring (bicyclic) bond motifs is 1. The molecule has 5 atom stereocenters. The maximum atomic E-state index is 11.3. The van der Waals surface area contributed by atoms with E-state index in [1.165, 1.54) is 19.3 Å². The molecule has 0 aromatic heterocycles. The smallest absolute Gasteiger partial charge is 0.163 e. The van der Waals surface area contributed by atoms with Crippen molar-refractivity contribution >= 4 is 0 Å². The Morgan fingerprint density at radius 2 is 1.64 bits per heavy atom. The van der Waals surface area contributed by atoms with Crippen molar-refractivity contribution in [2.24, 2.45) is 22.7 Å². The van der Waals surface area contributed by atoms with Crippen LogP contribution in [0.4, 0.5) is 0 Å². The van der Waals surface area contributed by atoms with Crippen molar-refractivity contribution in [1.29, 1.82) is 0 Å². The SMILES string of the molecule is CC1(C)OC[C@@](C)(CC[C@@H]2[C@@]3(C)CCCC(C)(C)C3CC[C@@]2(C)O)O1. The van der Waals surface area contributed by atoms with Gasteiger partial charge in [0.05, 0.1) is 17.8 Å². The molecule has 25 heavy (non-hydrogen) atoms. The van der Waals surface area contributed by atoms with Crippen molar-refractivity contribution in [3.05, 3.63) is 0 Å². The topological polar surface area (TPSA) is 38.7 Å². The Hall–Kier alpha value is -0.120. The molecule has 0 aromatic rings. The fraction of sp³-hybridized carbons (Fsp3) is 1.00. The van der Waals surface area contributed by atoms with Gasteiger partial charge in [-0.2, -0.15) is 0 Å². The van der Waals surface area contributed by atoms with E-state index in [0.29, 0.717) is 23.9 Å². The predicted molar refractivity (Wildman–Crippen MR) is 101 cm³/mol. The zero-order valence-corrected chi connectivity index (χ0v) is 17.6. The summed E-state index contributed by atoms with van der Waals surface area (Å²) in [5, 5.41) is 11.3. The molecule has 1 heterocycles. The van der Waals surface area contributed by atoms with E-state index in [0.717, 1.165) is 25.7 Å². The minimum atomic E-state index is -0.565. The summed E-state index contributed by atoms with van der Waals surface area (Å²) in [4.78, 5) is 0. The van der Waals surface area contributed by atoms with Crippen LogP contribution in [0.3, 0.4) is 0 Å². The second-order valence-electron chi connectivity index (χ2n) is 11.1. The molecule has 3 fully saturated rings. The monoisotopic (exact) mass is 352 g/mol. The largest absolute Gasteiger partial charge is 0.390 e. The summed E-state index contributed by atoms with van der Waals surface area (Å²) in [6.07, 6.45) is 7.94. The van der Waals surface area contributed by atoms with E-state index in [1.54, 1.807) is 0 Å². The first-order chi connectivity index (χ1) is 11.3. The first kappa shape index (κ1) is 19.6. The molecule has 3 heteroatoms. The van der Waals surface area contributed by atoms with Crippen molar-refractivity contribution in [3.8, 4) is 0 Å². The average Bonchev–Trinajstić information content (AvgIpc) is 2.70. The van der Waals surface area contributed by atoms with E-state index in [9.17, 15) is 5.11 Å². The van der Waals surface area contributed by atoms with Crippen molar-refractivity contribution in [2.45, 2.75) is 110 Å². The average molecular weight is 353 g/mol. The highest BCUT2D eigenvalue weighted by molar-refractivity contribution is 5.07. The Morgan fingerprint density at radius 1 is 0.960 bits per heavy atom. The van der Waals surface area contributed by atoms with Gasteiger partial charge < -0.3 is 14.6 Å². The van der Waals surface area contributed by atoms with Crippen molar-refractivity contribution in [1.82, 2.24) is 0 Å². The van der Waals surface area contributed by atoms with Gasteiger partial charge in [-0.3, -0.25) is 0 Å². The van der Waals surface area contributed by atoms with E-state index >= 15 is 0 Å². The van der Waals surface area contributed by atoms with Gasteiger partial charge in [-0.05, 0) is 88.9 Å². The van der Waals surface area contributed by atoms with Crippen LogP contribution in [0.1, 0.15) is 93.4 Å². The summed E-state index contributed by atoms with van der Waals surface area (Å²) < 4.78 is 12.0. The molecular formula is C22H40O3. The summed E-state index contributed by atoms with van der Waals surface area (Å²) >= 11 is 0. The number of hydrogen-bond donors (Lipinski definition) is 1. The van der Waals surface area contributed by atoms with Gasteiger partial charge in [0.2, 0.25) is 0 Å². The van der Waals surface area contributed by atoms with E-state index < -0.39 is 11.4 Å². The molecule has 3 aliphatic rings. The lowest BCUT2D eigenvalue weighted by molar-refractivity contribution is -0.180. The molecule has 0 spiro atoms. The van der Waals surface area contributed by atoms with Crippen LogP contribution in [0.25, 0.3) is 0 Å². The first-order valence-corrected chi connectivity index (χ1v) is 10.4. The van der Waals surface area contributed by atoms with E-state index in [-0.39, 0.29) is 11.0 Å². The molecule has 2 saturated carbocycles. The minimum Gasteiger partial charge on any atom is -0.390 e. The van der Waals surface area contributed by atoms with Gasteiger partial charge in [0.1, 0.15) is 0 Å². The Balaban J connectivity index is 1.80. The molecule has 1 saturated heterocycles. The Bertz CT molecular complexity index is 509. The molecule has 146 valence electrons. The Labute approximate surface area is 154 Å². The van der Waals surface area contributed by atoms with Gasteiger partial charge in [-0.15, -0.1) is 0 Å². The molecule has 3 rings (SSSR count). The standard InChI is InChI=1S/C22H40O3/c1-18(2)11-8-12-21(6)16(18)10-14-22(7,23)17(21)9-13-20(5)15-24-19(3,4)25-20/h16-17,23H,8-15H2,1-7H3/t16?,17-,20-,21+,22-/m1/s1. The molecule has 3 nitrogen and oxygen atoms in total. The third-order valence-corrected chi connectivity index (χ3v) is 7.94. The van der Waals surface area contributed by atoms with Crippen molar-refractivity contribution in [2.75, 3.05) is 6.61 Å². The molecule has 0 bridgehead atoms. The van der Waals surface area contributed by atoms with Crippen LogP contribution in [-0.2, 0) is 9.47 Å². The van der Waals surface area contributed by atoms with Crippen LogP contribution in [0.5, 0.6) is 0 Å². The van der Waals surface area contributed by atoms with Crippen LogP contribution < -0.4 is 0 Å². The summed E-state index contributed by atoms with van der Waals surface area (Å²) in [5.74, 6) is 0.565. The molecule has 1 aliphatic heterocycles. The first-order valence-electron chi connectivity index (χ1n) is 10.4. The summed E-state index contributed by atoms with van der Waals surface area (Å²) in [6, 6.07) is 0. The van der Waals surface area contributed by atoms with Gasteiger partial charge in [-0.25, -0.2) is 0 Å². The van der Waals surface area contributed by atoms with E-state index in [1.807, 2.05) is 13.8 Å². The molecule has 1 N–H and O–H groups in total. The fourth-order valence-corrected chi connectivity index (χ4v) is 6.82. The highest BCUT2D eigenvalue weighted by Gasteiger charge is 2.58. The lowest BCUT2D eigenvalue weighted by Crippen LogP contribution is -2.57. The van der Waals surface area contributed by atoms with Gasteiger partial charge in [0, 0.05) is 0 Å². The van der Waals surface area contributed by atoms with Gasteiger partial charge in [0.15, 0.2) is 5.79 Å². The van der Waals surface area contributed by atoms with Gasteiger partial charge in [0.25, 0.3) is 0 Å². The van der Waals surface area contributed by atoms with E-state index in [2.05, 4.69) is 34.6 Å². The lowest BCUT2D eigenvalue weighted by Gasteiger charge is -2.61. The third kappa shape index (κ3) is 3.53. The summed E-state index contributed by atoms with van der Waals surface area (Å²) in [7, 11) is 0. The predicted octanol–water partition coefficient (Wildman–Crippen LogP) is 5.30. The molecule has 0 aromatic carbocycles. The van der Waals surface area contributed by atoms with Gasteiger partial charge >= 0.3 is 0 Å². The lowest BCUT2D eigenvalue weighted by atomic mass is 9.45. The van der Waals surface area contributed by atoms with Crippen LogP contribution in [-0.4, -0.2) is 28.7 Å². The fourth-order valence-electron chi connectivity index (χ4n) is 6.82. The van der Waals surface area contributed by atoms with Gasteiger partial charge in [-0.1, -0.05) is 27.2 Å². The summed E-state index contributed by atoms with van der Waals surface area (Å²) in [6.45, 7) is 16.3. The van der Waals surface area contributed by atoms with Crippen LogP contribution >= 0.6 is 0 Å². The van der Waals surface area contributed by atoms with Crippen LogP contribution in [0.2, 0.25) is 0 Å². The second kappa shape index (κ2) is 5.94.